The molecule has 2 rings (SSSR count). The summed E-state index contributed by atoms with van der Waals surface area (Å²) in [5.74, 6) is -0.126. The Balaban J connectivity index is 2.00. The number of alkyl halides is 2. The van der Waals surface area contributed by atoms with Crippen molar-refractivity contribution < 1.29 is 13.6 Å². The van der Waals surface area contributed by atoms with Gasteiger partial charge in [0.2, 0.25) is 5.91 Å². The van der Waals surface area contributed by atoms with E-state index in [0.29, 0.717) is 0 Å². The summed E-state index contributed by atoms with van der Waals surface area (Å²) in [6, 6.07) is 7.71. The van der Waals surface area contributed by atoms with E-state index in [9.17, 15) is 13.6 Å². The van der Waals surface area contributed by atoms with Gasteiger partial charge in [0.05, 0.1) is 6.54 Å². The summed E-state index contributed by atoms with van der Waals surface area (Å²) in [7, 11) is 1.55. The zero-order valence-corrected chi connectivity index (χ0v) is 12.4. The van der Waals surface area contributed by atoms with Gasteiger partial charge in [-0.3, -0.25) is 9.36 Å². The van der Waals surface area contributed by atoms with Crippen LogP contribution in [0.2, 0.25) is 0 Å². The summed E-state index contributed by atoms with van der Waals surface area (Å²) in [6.07, 6.45) is 5.60. The van der Waals surface area contributed by atoms with Gasteiger partial charge in [-0.05, 0) is 18.6 Å². The predicted octanol–water partition coefficient (Wildman–Crippen LogP) is 3.26. The fourth-order valence-electron chi connectivity index (χ4n) is 1.91. The molecule has 0 aliphatic heterocycles. The van der Waals surface area contributed by atoms with E-state index in [1.165, 1.54) is 23.4 Å². The van der Waals surface area contributed by atoms with E-state index in [-0.39, 0.29) is 18.3 Å². The molecule has 1 aromatic heterocycles. The first-order valence-corrected chi connectivity index (χ1v) is 6.77. The number of carbonyl (C=O) groups excluding carboxylic acids is 1. The van der Waals surface area contributed by atoms with Crippen LogP contribution in [0, 0.1) is 6.92 Å². The number of aryl methyl sites for hydroxylation is 1. The van der Waals surface area contributed by atoms with E-state index in [4.69, 9.17) is 0 Å². The van der Waals surface area contributed by atoms with Crippen LogP contribution in [0.4, 0.5) is 8.78 Å². The fourth-order valence-corrected chi connectivity index (χ4v) is 1.91. The Morgan fingerprint density at radius 1 is 1.36 bits per heavy atom. The van der Waals surface area contributed by atoms with Gasteiger partial charge in [0.15, 0.2) is 0 Å². The molecule has 2 aromatic rings. The lowest BCUT2D eigenvalue weighted by atomic mass is 10.1. The summed E-state index contributed by atoms with van der Waals surface area (Å²) in [4.78, 5) is 17.2. The van der Waals surface area contributed by atoms with Gasteiger partial charge in [0, 0.05) is 25.5 Å². The van der Waals surface area contributed by atoms with Crippen molar-refractivity contribution in [3.63, 3.8) is 0 Å². The summed E-state index contributed by atoms with van der Waals surface area (Å²) >= 11 is 0. The highest BCUT2D eigenvalue weighted by molar-refractivity contribution is 5.91. The Bertz CT molecular complexity index is 662. The number of nitrogens with zero attached hydrogens (tertiary/aromatic N) is 3. The monoisotopic (exact) mass is 305 g/mol. The molecule has 0 unspecified atom stereocenters. The summed E-state index contributed by atoms with van der Waals surface area (Å²) in [5, 5.41) is 0. The van der Waals surface area contributed by atoms with E-state index in [2.05, 4.69) is 4.98 Å². The van der Waals surface area contributed by atoms with Crippen molar-refractivity contribution in [1.29, 1.82) is 0 Å². The Labute approximate surface area is 127 Å². The van der Waals surface area contributed by atoms with Crippen molar-refractivity contribution in [2.45, 2.75) is 20.0 Å². The third-order valence-corrected chi connectivity index (χ3v) is 3.21. The molecule has 1 heterocycles. The second-order valence-corrected chi connectivity index (χ2v) is 4.97. The smallest absolute Gasteiger partial charge is 0.319 e. The number of carbonyl (C=O) groups is 1. The molecule has 4 nitrogen and oxygen atoms in total. The number of hydrogen-bond acceptors (Lipinski definition) is 2. The first-order chi connectivity index (χ1) is 10.5. The van der Waals surface area contributed by atoms with Crippen LogP contribution in [-0.4, -0.2) is 27.4 Å². The van der Waals surface area contributed by atoms with Gasteiger partial charge < -0.3 is 4.90 Å². The molecule has 0 N–H and O–H groups in total. The van der Waals surface area contributed by atoms with Gasteiger partial charge in [-0.25, -0.2) is 4.98 Å². The van der Waals surface area contributed by atoms with Crippen LogP contribution in [0.5, 0.6) is 0 Å². The van der Waals surface area contributed by atoms with Crippen LogP contribution >= 0.6 is 0 Å². The molecule has 116 valence electrons. The molecule has 0 aliphatic carbocycles. The van der Waals surface area contributed by atoms with Crippen molar-refractivity contribution in [3.8, 4) is 0 Å². The highest BCUT2D eigenvalue weighted by Gasteiger charge is 2.14. The number of amides is 1. The van der Waals surface area contributed by atoms with E-state index >= 15 is 0 Å². The minimum absolute atomic E-state index is 0.0222. The molecule has 0 spiro atoms. The summed E-state index contributed by atoms with van der Waals surface area (Å²) in [6.45, 7) is -0.657. The second kappa shape index (κ2) is 6.98. The van der Waals surface area contributed by atoms with Crippen molar-refractivity contribution in [3.05, 3.63) is 59.7 Å². The summed E-state index contributed by atoms with van der Waals surface area (Å²) < 4.78 is 26.2. The number of benzene rings is 1. The van der Waals surface area contributed by atoms with Gasteiger partial charge in [-0.2, -0.15) is 8.78 Å². The minimum atomic E-state index is -2.66. The predicted molar refractivity (Wildman–Crippen MR) is 80.2 cm³/mol. The van der Waals surface area contributed by atoms with Crippen LogP contribution in [0.15, 0.2) is 42.7 Å². The lowest BCUT2D eigenvalue weighted by molar-refractivity contribution is -0.125. The standard InChI is InChI=1S/C16H17F2N3O/c1-12-3-5-13(6-4-12)7-8-15(22)20(2)11-14-19-9-10-21(14)16(17)18/h3-10,16H,11H2,1-2H3/b8-7+. The normalized spacial score (nSPS) is 11.3. The largest absolute Gasteiger partial charge is 0.335 e. The molecule has 0 fully saturated rings. The Morgan fingerprint density at radius 3 is 2.68 bits per heavy atom. The van der Waals surface area contributed by atoms with Crippen molar-refractivity contribution >= 4 is 12.0 Å². The minimum Gasteiger partial charge on any atom is -0.335 e. The average molecular weight is 305 g/mol. The topological polar surface area (TPSA) is 38.1 Å². The molecular weight excluding hydrogens is 288 g/mol. The van der Waals surface area contributed by atoms with Crippen LogP contribution in [0.25, 0.3) is 6.08 Å². The highest BCUT2D eigenvalue weighted by atomic mass is 19.3. The third kappa shape index (κ3) is 4.00. The maximum Gasteiger partial charge on any atom is 0.319 e. The lowest BCUT2D eigenvalue weighted by Gasteiger charge is -2.15. The molecule has 0 aliphatic rings. The van der Waals surface area contributed by atoms with E-state index in [1.54, 1.807) is 13.1 Å². The first kappa shape index (κ1) is 15.9. The average Bonchev–Trinajstić information content (AvgIpc) is 2.94. The third-order valence-electron chi connectivity index (χ3n) is 3.21. The quantitative estimate of drug-likeness (QED) is 0.795. The second-order valence-electron chi connectivity index (χ2n) is 4.97. The molecule has 0 bridgehead atoms. The molecule has 6 heteroatoms. The van der Waals surface area contributed by atoms with Crippen molar-refractivity contribution in [2.24, 2.45) is 0 Å². The van der Waals surface area contributed by atoms with Gasteiger partial charge in [0.1, 0.15) is 5.82 Å². The number of likely N-dealkylation sites (N-methyl/N-ethyl adjacent to an activating group) is 1. The zero-order chi connectivity index (χ0) is 16.1. The van der Waals surface area contributed by atoms with Crippen molar-refractivity contribution in [1.82, 2.24) is 14.5 Å². The Kier molecular flexibility index (Phi) is 5.04. The fraction of sp³-hybridized carbons (Fsp3) is 0.250. The molecule has 0 atom stereocenters. The van der Waals surface area contributed by atoms with Crippen LogP contribution < -0.4 is 0 Å². The van der Waals surface area contributed by atoms with E-state index < -0.39 is 6.55 Å². The first-order valence-electron chi connectivity index (χ1n) is 6.77. The molecule has 0 saturated heterocycles. The SMILES string of the molecule is Cc1ccc(/C=C/C(=O)N(C)Cc2nccn2C(F)F)cc1. The van der Waals surface area contributed by atoms with Gasteiger partial charge in [0.25, 0.3) is 0 Å². The molecule has 0 radical (unpaired) electrons. The maximum atomic E-state index is 12.7. The Hall–Kier alpha value is -2.50. The van der Waals surface area contributed by atoms with Gasteiger partial charge in [-0.1, -0.05) is 29.8 Å². The number of aromatic nitrogens is 2. The molecule has 1 amide bonds. The maximum absolute atomic E-state index is 12.7. The number of rotatable bonds is 5. The lowest BCUT2D eigenvalue weighted by Crippen LogP contribution is -2.26. The van der Waals surface area contributed by atoms with Gasteiger partial charge in [-0.15, -0.1) is 0 Å². The van der Waals surface area contributed by atoms with Crippen LogP contribution in [0.3, 0.4) is 0 Å². The Morgan fingerprint density at radius 2 is 2.05 bits per heavy atom. The van der Waals surface area contributed by atoms with E-state index in [0.717, 1.165) is 15.7 Å². The molecular formula is C16H17F2N3O. The van der Waals surface area contributed by atoms with Crippen LogP contribution in [0.1, 0.15) is 23.5 Å². The number of imidazole rings is 1. The number of halogens is 2. The summed E-state index contributed by atoms with van der Waals surface area (Å²) in [5.41, 5.74) is 2.04. The van der Waals surface area contributed by atoms with Crippen molar-refractivity contribution in [2.75, 3.05) is 7.05 Å². The molecule has 0 saturated carbocycles. The molecule has 1 aromatic carbocycles. The van der Waals surface area contributed by atoms with Gasteiger partial charge >= 0.3 is 6.55 Å². The molecule has 22 heavy (non-hydrogen) atoms. The van der Waals surface area contributed by atoms with Crippen LogP contribution in [-0.2, 0) is 11.3 Å². The zero-order valence-electron chi connectivity index (χ0n) is 12.4. The highest BCUT2D eigenvalue weighted by Crippen LogP contribution is 2.13. The van der Waals surface area contributed by atoms with E-state index in [1.807, 2.05) is 31.2 Å². The number of hydrogen-bond donors (Lipinski definition) is 0.